The van der Waals surface area contributed by atoms with Gasteiger partial charge in [0, 0.05) is 16.8 Å². The molecular formula is C12H17NS. The number of thiophene rings is 1. The van der Waals surface area contributed by atoms with Crippen LogP contribution in [0.25, 0.3) is 0 Å². The monoisotopic (exact) mass is 207 g/mol. The second kappa shape index (κ2) is 3.07. The van der Waals surface area contributed by atoms with Gasteiger partial charge in [-0.2, -0.15) is 0 Å². The number of hydrogen-bond donors (Lipinski definition) is 1. The normalized spacial score (nSPS) is 36.9. The summed E-state index contributed by atoms with van der Waals surface area (Å²) in [6.45, 7) is 2.17. The average molecular weight is 207 g/mol. The maximum Gasteiger partial charge on any atom is 0.00824 e. The van der Waals surface area contributed by atoms with Crippen molar-refractivity contribution in [1.29, 1.82) is 0 Å². The maximum absolute atomic E-state index is 6.13. The van der Waals surface area contributed by atoms with Crippen molar-refractivity contribution < 1.29 is 0 Å². The fourth-order valence-corrected chi connectivity index (χ4v) is 4.07. The van der Waals surface area contributed by atoms with Gasteiger partial charge in [-0.25, -0.2) is 0 Å². The number of nitrogens with two attached hydrogens (primary N) is 1. The van der Waals surface area contributed by atoms with Crippen LogP contribution in [0.15, 0.2) is 11.4 Å². The van der Waals surface area contributed by atoms with E-state index in [-0.39, 0.29) is 0 Å². The van der Waals surface area contributed by atoms with Crippen molar-refractivity contribution >= 4 is 11.3 Å². The Labute approximate surface area is 89.3 Å². The van der Waals surface area contributed by atoms with Crippen LogP contribution < -0.4 is 5.73 Å². The van der Waals surface area contributed by atoms with E-state index in [9.17, 15) is 0 Å². The van der Waals surface area contributed by atoms with Crippen molar-refractivity contribution in [2.75, 3.05) is 0 Å². The Bertz CT molecular complexity index is 342. The molecule has 1 heterocycles. The van der Waals surface area contributed by atoms with E-state index in [1.807, 2.05) is 11.3 Å². The van der Waals surface area contributed by atoms with E-state index in [0.29, 0.717) is 12.0 Å². The molecule has 0 radical (unpaired) electrons. The summed E-state index contributed by atoms with van der Waals surface area (Å²) in [6.07, 6.45) is 4.14. The molecule has 0 spiro atoms. The molecule has 76 valence electrons. The number of aryl methyl sites for hydroxylation is 1. The molecule has 0 bridgehead atoms. The van der Waals surface area contributed by atoms with Gasteiger partial charge in [0.2, 0.25) is 0 Å². The van der Waals surface area contributed by atoms with Crippen LogP contribution >= 0.6 is 11.3 Å². The smallest absolute Gasteiger partial charge is 0.00824 e. The Balaban J connectivity index is 2.01. The van der Waals surface area contributed by atoms with Gasteiger partial charge in [0.15, 0.2) is 0 Å². The van der Waals surface area contributed by atoms with Crippen molar-refractivity contribution in [3.05, 3.63) is 21.9 Å². The first-order chi connectivity index (χ1) is 6.77. The van der Waals surface area contributed by atoms with Crippen LogP contribution in [0.1, 0.15) is 36.1 Å². The molecular weight excluding hydrogens is 190 g/mol. The first-order valence-electron chi connectivity index (χ1n) is 5.59. The first kappa shape index (κ1) is 8.93. The van der Waals surface area contributed by atoms with Gasteiger partial charge >= 0.3 is 0 Å². The highest BCUT2D eigenvalue weighted by molar-refractivity contribution is 7.10. The molecule has 1 aromatic heterocycles. The summed E-state index contributed by atoms with van der Waals surface area (Å²) in [6, 6.07) is 2.64. The SMILES string of the molecule is C[C@H](N)[C@@H]1c2ccsc2CC[C@H]2CC21. The molecule has 1 nitrogen and oxygen atoms in total. The predicted molar refractivity (Wildman–Crippen MR) is 60.6 cm³/mol. The van der Waals surface area contributed by atoms with Crippen molar-refractivity contribution in [2.45, 2.75) is 38.1 Å². The van der Waals surface area contributed by atoms with Crippen molar-refractivity contribution in [2.24, 2.45) is 17.6 Å². The highest BCUT2D eigenvalue weighted by atomic mass is 32.1. The number of hydrogen-bond acceptors (Lipinski definition) is 2. The molecule has 2 N–H and O–H groups in total. The molecule has 1 fully saturated rings. The Morgan fingerprint density at radius 1 is 1.57 bits per heavy atom. The molecule has 14 heavy (non-hydrogen) atoms. The lowest BCUT2D eigenvalue weighted by Crippen LogP contribution is -2.26. The summed E-state index contributed by atoms with van der Waals surface area (Å²) in [5.74, 6) is 2.56. The van der Waals surface area contributed by atoms with E-state index >= 15 is 0 Å². The predicted octanol–water partition coefficient (Wildman–Crippen LogP) is 2.76. The fraction of sp³-hybridized carbons (Fsp3) is 0.667. The molecule has 2 aliphatic rings. The Kier molecular flexibility index (Phi) is 1.96. The van der Waals surface area contributed by atoms with Crippen LogP contribution in [-0.2, 0) is 6.42 Å². The van der Waals surface area contributed by atoms with Gasteiger partial charge in [0.1, 0.15) is 0 Å². The van der Waals surface area contributed by atoms with Gasteiger partial charge in [0.25, 0.3) is 0 Å². The number of rotatable bonds is 1. The molecule has 0 amide bonds. The lowest BCUT2D eigenvalue weighted by atomic mass is 9.89. The zero-order valence-electron chi connectivity index (χ0n) is 8.57. The molecule has 1 aromatic rings. The van der Waals surface area contributed by atoms with Gasteiger partial charge in [0.05, 0.1) is 0 Å². The molecule has 3 rings (SSSR count). The van der Waals surface area contributed by atoms with Crippen LogP contribution in [0, 0.1) is 11.8 Å². The molecule has 2 aliphatic carbocycles. The van der Waals surface area contributed by atoms with Gasteiger partial charge in [-0.05, 0) is 55.0 Å². The Morgan fingerprint density at radius 2 is 2.43 bits per heavy atom. The average Bonchev–Trinajstić information content (AvgIpc) is 2.76. The molecule has 0 aliphatic heterocycles. The van der Waals surface area contributed by atoms with E-state index in [0.717, 1.165) is 11.8 Å². The summed E-state index contributed by atoms with van der Waals surface area (Å²) in [5, 5.41) is 2.24. The molecule has 0 saturated heterocycles. The summed E-state index contributed by atoms with van der Waals surface area (Å²) >= 11 is 1.93. The lowest BCUT2D eigenvalue weighted by Gasteiger charge is -2.20. The fourth-order valence-electron chi connectivity index (χ4n) is 3.11. The van der Waals surface area contributed by atoms with Crippen LogP contribution in [0.3, 0.4) is 0 Å². The lowest BCUT2D eigenvalue weighted by molar-refractivity contribution is 0.487. The van der Waals surface area contributed by atoms with Gasteiger partial charge in [-0.1, -0.05) is 0 Å². The van der Waals surface area contributed by atoms with Gasteiger partial charge in [-0.15, -0.1) is 11.3 Å². The van der Waals surface area contributed by atoms with E-state index in [2.05, 4.69) is 18.4 Å². The maximum atomic E-state index is 6.13. The van der Waals surface area contributed by atoms with Gasteiger partial charge in [-0.3, -0.25) is 0 Å². The second-order valence-corrected chi connectivity index (χ2v) is 5.88. The van der Waals surface area contributed by atoms with Crippen molar-refractivity contribution in [3.63, 3.8) is 0 Å². The summed E-state index contributed by atoms with van der Waals surface area (Å²) in [4.78, 5) is 1.61. The second-order valence-electron chi connectivity index (χ2n) is 4.88. The zero-order valence-corrected chi connectivity index (χ0v) is 9.39. The topological polar surface area (TPSA) is 26.0 Å². The third kappa shape index (κ3) is 1.24. The first-order valence-corrected chi connectivity index (χ1v) is 6.47. The Hall–Kier alpha value is -0.340. The van der Waals surface area contributed by atoms with Crippen molar-refractivity contribution in [1.82, 2.24) is 0 Å². The van der Waals surface area contributed by atoms with Crippen LogP contribution in [0.4, 0.5) is 0 Å². The van der Waals surface area contributed by atoms with E-state index in [1.54, 1.807) is 10.4 Å². The minimum atomic E-state index is 0.330. The zero-order chi connectivity index (χ0) is 9.71. The minimum Gasteiger partial charge on any atom is -0.327 e. The molecule has 4 atom stereocenters. The molecule has 2 heteroatoms. The Morgan fingerprint density at radius 3 is 3.21 bits per heavy atom. The number of fused-ring (bicyclic) bond motifs is 2. The molecule has 1 saturated carbocycles. The van der Waals surface area contributed by atoms with E-state index < -0.39 is 0 Å². The summed E-state index contributed by atoms with van der Waals surface area (Å²) < 4.78 is 0. The highest BCUT2D eigenvalue weighted by Crippen LogP contribution is 2.55. The van der Waals surface area contributed by atoms with Crippen LogP contribution in [0.2, 0.25) is 0 Å². The van der Waals surface area contributed by atoms with E-state index in [1.165, 1.54) is 19.3 Å². The van der Waals surface area contributed by atoms with Crippen LogP contribution in [-0.4, -0.2) is 6.04 Å². The summed E-state index contributed by atoms with van der Waals surface area (Å²) in [7, 11) is 0. The van der Waals surface area contributed by atoms with Crippen molar-refractivity contribution in [3.8, 4) is 0 Å². The standard InChI is InChI=1S/C12H17NS/c1-7(13)12-9-4-5-14-11(9)3-2-8-6-10(8)12/h4-5,7-8,10,12H,2-3,6,13H2,1H3/t7-,8-,10?,12+/m0/s1. The quantitative estimate of drug-likeness (QED) is 0.753. The van der Waals surface area contributed by atoms with E-state index in [4.69, 9.17) is 5.73 Å². The largest absolute Gasteiger partial charge is 0.327 e. The third-order valence-electron chi connectivity index (χ3n) is 3.89. The summed E-state index contributed by atoms with van der Waals surface area (Å²) in [5.41, 5.74) is 7.71. The minimum absolute atomic E-state index is 0.330. The van der Waals surface area contributed by atoms with Crippen LogP contribution in [0.5, 0.6) is 0 Å². The highest BCUT2D eigenvalue weighted by Gasteiger charge is 2.46. The molecule has 1 unspecified atom stereocenters. The third-order valence-corrected chi connectivity index (χ3v) is 4.88. The van der Waals surface area contributed by atoms with Gasteiger partial charge < -0.3 is 5.73 Å². The molecule has 0 aromatic carbocycles.